The third-order valence-corrected chi connectivity index (χ3v) is 5.13. The van der Waals surface area contributed by atoms with Gasteiger partial charge in [-0.25, -0.2) is 4.79 Å². The minimum Gasteiger partial charge on any atom is -0.459 e. The number of carbonyl (C=O) groups is 3. The molecule has 7 heteroatoms. The molecule has 2 amide bonds. The van der Waals surface area contributed by atoms with Crippen LogP contribution in [-0.2, 0) is 25.7 Å². The quantitative estimate of drug-likeness (QED) is 0.726. The van der Waals surface area contributed by atoms with Gasteiger partial charge in [0.2, 0.25) is 11.8 Å². The Morgan fingerprint density at radius 3 is 2.70 bits per heavy atom. The second-order valence-corrected chi connectivity index (χ2v) is 7.16. The molecule has 3 rings (SSSR count). The summed E-state index contributed by atoms with van der Waals surface area (Å²) in [5, 5.41) is 5.89. The molecule has 27 heavy (non-hydrogen) atoms. The molecule has 2 heterocycles. The summed E-state index contributed by atoms with van der Waals surface area (Å²) in [6, 6.07) is 7.92. The number of ether oxygens (including phenoxy) is 1. The Bertz CT molecular complexity index is 673. The van der Waals surface area contributed by atoms with Crippen molar-refractivity contribution in [1.82, 2.24) is 15.5 Å². The van der Waals surface area contributed by atoms with Crippen molar-refractivity contribution in [2.24, 2.45) is 0 Å². The number of nitrogens with zero attached hydrogens (tertiary/aromatic N) is 1. The van der Waals surface area contributed by atoms with E-state index < -0.39 is 18.1 Å². The molecule has 2 aliphatic heterocycles. The molecule has 0 saturated carbocycles. The van der Waals surface area contributed by atoms with Crippen LogP contribution in [0.25, 0.3) is 0 Å². The molecule has 2 fully saturated rings. The molecule has 1 aromatic carbocycles. The number of nitrogens with one attached hydrogen (secondary N) is 2. The molecule has 0 radical (unpaired) electrons. The number of carbonyl (C=O) groups excluding carboxylic acids is 3. The minimum absolute atomic E-state index is 0.00976. The van der Waals surface area contributed by atoms with Gasteiger partial charge in [-0.2, -0.15) is 0 Å². The van der Waals surface area contributed by atoms with E-state index in [2.05, 4.69) is 10.6 Å². The van der Waals surface area contributed by atoms with Crippen molar-refractivity contribution in [2.45, 2.75) is 57.3 Å². The molecule has 0 aromatic heterocycles. The van der Waals surface area contributed by atoms with Gasteiger partial charge in [-0.1, -0.05) is 30.3 Å². The van der Waals surface area contributed by atoms with Crippen LogP contribution in [0.1, 0.15) is 38.2 Å². The Morgan fingerprint density at radius 2 is 2.00 bits per heavy atom. The summed E-state index contributed by atoms with van der Waals surface area (Å²) in [7, 11) is 0. The van der Waals surface area contributed by atoms with Crippen LogP contribution in [0.15, 0.2) is 30.3 Å². The number of hydrogen-bond donors (Lipinski definition) is 2. The van der Waals surface area contributed by atoms with Crippen LogP contribution in [0.4, 0.5) is 0 Å². The van der Waals surface area contributed by atoms with Crippen molar-refractivity contribution < 1.29 is 19.1 Å². The lowest BCUT2D eigenvalue weighted by Crippen LogP contribution is -2.53. The molecule has 1 aromatic rings. The summed E-state index contributed by atoms with van der Waals surface area (Å²) >= 11 is 0. The molecular weight excluding hydrogens is 346 g/mol. The van der Waals surface area contributed by atoms with Gasteiger partial charge in [0.15, 0.2) is 0 Å². The molecule has 2 saturated heterocycles. The first-order valence-corrected chi connectivity index (χ1v) is 9.61. The van der Waals surface area contributed by atoms with Crippen molar-refractivity contribution in [1.29, 1.82) is 0 Å². The van der Waals surface area contributed by atoms with E-state index >= 15 is 0 Å². The van der Waals surface area contributed by atoms with Gasteiger partial charge in [-0.05, 0) is 44.7 Å². The Balaban J connectivity index is 1.50. The average Bonchev–Trinajstić information content (AvgIpc) is 3.38. The van der Waals surface area contributed by atoms with E-state index in [9.17, 15) is 14.4 Å². The van der Waals surface area contributed by atoms with Gasteiger partial charge in [0, 0.05) is 6.54 Å². The largest absolute Gasteiger partial charge is 0.459 e. The highest BCUT2D eigenvalue weighted by Crippen LogP contribution is 2.21. The van der Waals surface area contributed by atoms with Gasteiger partial charge < -0.3 is 20.3 Å². The maximum Gasteiger partial charge on any atom is 0.328 e. The lowest BCUT2D eigenvalue weighted by atomic mass is 10.1. The molecule has 2 N–H and O–H groups in total. The van der Waals surface area contributed by atoms with Crippen LogP contribution in [0, 0.1) is 0 Å². The fourth-order valence-corrected chi connectivity index (χ4v) is 3.62. The summed E-state index contributed by atoms with van der Waals surface area (Å²) in [5.41, 5.74) is 0.890. The van der Waals surface area contributed by atoms with Crippen molar-refractivity contribution in [3.63, 3.8) is 0 Å². The molecule has 0 unspecified atom stereocenters. The van der Waals surface area contributed by atoms with Crippen LogP contribution in [0.3, 0.4) is 0 Å². The normalized spacial score (nSPS) is 23.1. The fraction of sp³-hybridized carbons (Fsp3) is 0.550. The predicted octanol–water partition coefficient (Wildman–Crippen LogP) is 0.978. The third-order valence-electron chi connectivity index (χ3n) is 5.13. The predicted molar refractivity (Wildman–Crippen MR) is 99.6 cm³/mol. The highest BCUT2D eigenvalue weighted by Gasteiger charge is 2.38. The standard InChI is InChI=1S/C20H27N3O4/c1-14(20(26)27-13-15-7-3-2-4-8-15)22-18(24)17-10-6-12-23(17)19(25)16-9-5-11-21-16/h2-4,7-8,14,16-17,21H,5-6,9-13H2,1H3,(H,22,24)/t14-,16-,17-/m0/s1. The maximum absolute atomic E-state index is 12.6. The molecule has 0 bridgehead atoms. The molecule has 0 aliphatic carbocycles. The molecule has 7 nitrogen and oxygen atoms in total. The van der Waals surface area contributed by atoms with Gasteiger partial charge in [0.05, 0.1) is 6.04 Å². The zero-order chi connectivity index (χ0) is 19.2. The number of esters is 1. The Kier molecular flexibility index (Phi) is 6.45. The van der Waals surface area contributed by atoms with Crippen LogP contribution >= 0.6 is 0 Å². The monoisotopic (exact) mass is 373 g/mol. The van der Waals surface area contributed by atoms with E-state index in [-0.39, 0.29) is 24.5 Å². The summed E-state index contributed by atoms with van der Waals surface area (Å²) in [6.45, 7) is 3.19. The van der Waals surface area contributed by atoms with Crippen LogP contribution < -0.4 is 10.6 Å². The van der Waals surface area contributed by atoms with E-state index in [1.165, 1.54) is 0 Å². The first kappa shape index (κ1) is 19.4. The topological polar surface area (TPSA) is 87.7 Å². The van der Waals surface area contributed by atoms with Crippen molar-refractivity contribution >= 4 is 17.8 Å². The van der Waals surface area contributed by atoms with Crippen LogP contribution in [0.5, 0.6) is 0 Å². The van der Waals surface area contributed by atoms with E-state index in [1.54, 1.807) is 11.8 Å². The minimum atomic E-state index is -0.761. The average molecular weight is 373 g/mol. The van der Waals surface area contributed by atoms with Gasteiger partial charge >= 0.3 is 5.97 Å². The zero-order valence-electron chi connectivity index (χ0n) is 15.6. The van der Waals surface area contributed by atoms with Crippen LogP contribution in [-0.4, -0.2) is 53.9 Å². The third kappa shape index (κ3) is 4.86. The van der Waals surface area contributed by atoms with E-state index in [1.807, 2.05) is 30.3 Å². The lowest BCUT2D eigenvalue weighted by molar-refractivity contribution is -0.149. The van der Waals surface area contributed by atoms with E-state index in [0.717, 1.165) is 31.4 Å². The smallest absolute Gasteiger partial charge is 0.328 e. The summed E-state index contributed by atoms with van der Waals surface area (Å²) in [5.74, 6) is -0.784. The summed E-state index contributed by atoms with van der Waals surface area (Å²) < 4.78 is 5.26. The highest BCUT2D eigenvalue weighted by atomic mass is 16.5. The van der Waals surface area contributed by atoms with Gasteiger partial charge in [0.1, 0.15) is 18.7 Å². The molecule has 3 atom stereocenters. The van der Waals surface area contributed by atoms with Gasteiger partial charge in [0.25, 0.3) is 0 Å². The number of benzene rings is 1. The first-order valence-electron chi connectivity index (χ1n) is 9.61. The van der Waals surface area contributed by atoms with E-state index in [4.69, 9.17) is 4.74 Å². The lowest BCUT2D eigenvalue weighted by Gasteiger charge is -2.27. The van der Waals surface area contributed by atoms with Crippen LogP contribution in [0.2, 0.25) is 0 Å². The molecule has 0 spiro atoms. The first-order chi connectivity index (χ1) is 13.1. The second-order valence-electron chi connectivity index (χ2n) is 7.16. The Morgan fingerprint density at radius 1 is 1.22 bits per heavy atom. The maximum atomic E-state index is 12.6. The molecule has 2 aliphatic rings. The highest BCUT2D eigenvalue weighted by molar-refractivity contribution is 5.92. The SMILES string of the molecule is C[C@H](NC(=O)[C@@H]1CCCN1C(=O)[C@@H]1CCCN1)C(=O)OCc1ccccc1. The van der Waals surface area contributed by atoms with Crippen molar-refractivity contribution in [3.05, 3.63) is 35.9 Å². The van der Waals surface area contributed by atoms with Crippen molar-refractivity contribution in [2.75, 3.05) is 13.1 Å². The van der Waals surface area contributed by atoms with Crippen molar-refractivity contribution in [3.8, 4) is 0 Å². The second kappa shape index (κ2) is 8.99. The Labute approximate surface area is 159 Å². The van der Waals surface area contributed by atoms with Gasteiger partial charge in [-0.15, -0.1) is 0 Å². The molecular formula is C20H27N3O4. The number of rotatable bonds is 6. The van der Waals surface area contributed by atoms with Gasteiger partial charge in [-0.3, -0.25) is 9.59 Å². The number of likely N-dealkylation sites (tertiary alicyclic amines) is 1. The number of amides is 2. The van der Waals surface area contributed by atoms with E-state index in [0.29, 0.717) is 13.0 Å². The molecule has 146 valence electrons. The zero-order valence-corrected chi connectivity index (χ0v) is 15.6. The fourth-order valence-electron chi connectivity index (χ4n) is 3.62. The Hall–Kier alpha value is -2.41. The number of hydrogen-bond acceptors (Lipinski definition) is 5. The summed E-state index contributed by atoms with van der Waals surface area (Å²) in [4.78, 5) is 39.1. The summed E-state index contributed by atoms with van der Waals surface area (Å²) in [6.07, 6.45) is 3.21.